The molecule has 0 amide bonds. The lowest BCUT2D eigenvalue weighted by molar-refractivity contribution is 0.411. The second-order valence-corrected chi connectivity index (χ2v) is 12.3. The number of para-hydroxylation sites is 2. The van der Waals surface area contributed by atoms with E-state index in [1.165, 1.54) is 6.20 Å². The minimum Gasteiger partial charge on any atom is -0.449 e. The Labute approximate surface area is 235 Å². The number of hydrogen-bond acceptors (Lipinski definition) is 5. The van der Waals surface area contributed by atoms with Crippen LogP contribution in [0.1, 0.15) is 0 Å². The molecule has 0 fully saturated rings. The van der Waals surface area contributed by atoms with E-state index in [0.29, 0.717) is 11.5 Å². The van der Waals surface area contributed by atoms with E-state index in [-0.39, 0.29) is 0 Å². The molecular weight excluding hydrogens is 546 g/mol. The van der Waals surface area contributed by atoms with Gasteiger partial charge in [0.15, 0.2) is 31.3 Å². The van der Waals surface area contributed by atoms with E-state index in [0.717, 1.165) is 21.3 Å². The zero-order chi connectivity index (χ0) is 27.0. The number of aromatic nitrogens is 3. The van der Waals surface area contributed by atoms with Crippen molar-refractivity contribution in [2.45, 2.75) is 9.79 Å². The largest absolute Gasteiger partial charge is 0.449 e. The van der Waals surface area contributed by atoms with Gasteiger partial charge in [-0.05, 0) is 72.9 Å². The van der Waals surface area contributed by atoms with Crippen molar-refractivity contribution < 1.29 is 13.8 Å². The first-order valence-corrected chi connectivity index (χ1v) is 15.7. The average molecular weight is 575 g/mol. The Bertz CT molecular complexity index is 1490. The van der Waals surface area contributed by atoms with Gasteiger partial charge in [0.25, 0.3) is 0 Å². The fraction of sp³-hybridized carbons (Fsp3) is 0.0345. The van der Waals surface area contributed by atoms with Gasteiger partial charge in [-0.1, -0.05) is 36.5 Å². The molecule has 10 heteroatoms. The maximum atomic E-state index is 6.61. The molecule has 0 bridgehead atoms. The average Bonchev–Trinajstić information content (AvgIpc) is 3.76. The Balaban J connectivity index is 0.000000567. The van der Waals surface area contributed by atoms with Crippen LogP contribution in [0.4, 0.5) is 0 Å². The molecule has 198 valence electrons. The summed E-state index contributed by atoms with van der Waals surface area (Å²) < 4.78 is 25.7. The van der Waals surface area contributed by atoms with Gasteiger partial charge >= 0.3 is 8.45 Å². The molecule has 5 aromatic rings. The molecule has 0 spiro atoms. The summed E-state index contributed by atoms with van der Waals surface area (Å²) in [5.74, 6) is 2.86. The maximum absolute atomic E-state index is 6.61. The predicted octanol–water partition coefficient (Wildman–Crippen LogP) is 8.56. The van der Waals surface area contributed by atoms with Crippen molar-refractivity contribution in [3.8, 4) is 23.0 Å². The molecule has 0 saturated carbocycles. The van der Waals surface area contributed by atoms with Gasteiger partial charge in [0.2, 0.25) is 0 Å². The smallest absolute Gasteiger partial charge is 0.317 e. The van der Waals surface area contributed by atoms with Crippen molar-refractivity contribution in [2.75, 3.05) is 6.66 Å². The van der Waals surface area contributed by atoms with Crippen molar-refractivity contribution in [3.05, 3.63) is 135 Å². The van der Waals surface area contributed by atoms with Crippen LogP contribution in [0.3, 0.4) is 0 Å². The van der Waals surface area contributed by atoms with Crippen molar-refractivity contribution in [1.82, 2.24) is 13.0 Å². The molecule has 1 atom stereocenters. The summed E-state index contributed by atoms with van der Waals surface area (Å²) in [4.78, 5) is 2.04. The molecule has 3 aromatic heterocycles. The predicted molar refractivity (Wildman–Crippen MR) is 161 cm³/mol. The highest BCUT2D eigenvalue weighted by molar-refractivity contribution is 7.99. The molecule has 0 aliphatic carbocycles. The maximum Gasteiger partial charge on any atom is 0.317 e. The van der Waals surface area contributed by atoms with Crippen LogP contribution in [0.2, 0.25) is 0 Å². The second-order valence-electron chi connectivity index (χ2n) is 8.08. The van der Waals surface area contributed by atoms with Gasteiger partial charge in [0, 0.05) is 43.8 Å². The van der Waals surface area contributed by atoms with E-state index in [4.69, 9.17) is 19.5 Å². The minimum absolute atomic E-state index is 0.697. The topological polar surface area (TPSA) is 68.5 Å². The highest BCUT2D eigenvalue weighted by Gasteiger charge is 2.27. The van der Waals surface area contributed by atoms with Gasteiger partial charge < -0.3 is 23.9 Å². The summed E-state index contributed by atoms with van der Waals surface area (Å²) >= 11 is 1.67. The fourth-order valence-corrected chi connectivity index (χ4v) is 7.24. The lowest BCUT2D eigenvalue weighted by Gasteiger charge is -2.26. The number of allylic oxidation sites excluding steroid dienone is 2. The highest BCUT2D eigenvalue weighted by Crippen LogP contribution is 2.57. The van der Waals surface area contributed by atoms with Crippen molar-refractivity contribution >= 4 is 28.5 Å². The van der Waals surface area contributed by atoms with Crippen LogP contribution in [0.5, 0.6) is 23.0 Å². The second kappa shape index (κ2) is 12.8. The Morgan fingerprint density at radius 3 is 1.69 bits per heavy atom. The molecule has 2 N–H and O–H groups in total. The molecular formula is C29H28N4O3P2S. The van der Waals surface area contributed by atoms with Gasteiger partial charge in [0.05, 0.1) is 9.79 Å². The van der Waals surface area contributed by atoms with Crippen LogP contribution in [0.25, 0.3) is 0 Å². The van der Waals surface area contributed by atoms with Crippen molar-refractivity contribution in [3.63, 3.8) is 0 Å². The Morgan fingerprint density at radius 2 is 1.23 bits per heavy atom. The van der Waals surface area contributed by atoms with Crippen LogP contribution in [0.15, 0.2) is 145 Å². The number of fused-ring (bicyclic) bond motifs is 2. The van der Waals surface area contributed by atoms with Gasteiger partial charge in [-0.15, -0.1) is 0 Å². The molecule has 1 unspecified atom stereocenters. The van der Waals surface area contributed by atoms with Gasteiger partial charge in [-0.3, -0.25) is 8.68 Å². The minimum atomic E-state index is -1.17. The molecule has 0 radical (unpaired) electrons. The molecule has 7 nitrogen and oxygen atoms in total. The van der Waals surface area contributed by atoms with E-state index in [9.17, 15) is 0 Å². The normalized spacial score (nSPS) is 12.6. The number of ether oxygens (including phenoxy) is 1. The van der Waals surface area contributed by atoms with E-state index in [2.05, 4.69) is 38.4 Å². The number of nitrogens with two attached hydrogens (primary N) is 1. The molecule has 39 heavy (non-hydrogen) atoms. The third kappa shape index (κ3) is 6.26. The number of nitrogens with zero attached hydrogens (tertiary/aromatic N) is 3. The number of benzene rings is 2. The summed E-state index contributed by atoms with van der Waals surface area (Å²) in [5.41, 5.74) is 4.89. The van der Waals surface area contributed by atoms with Crippen molar-refractivity contribution in [1.29, 1.82) is 0 Å². The third-order valence-electron chi connectivity index (χ3n) is 5.45. The van der Waals surface area contributed by atoms with Crippen LogP contribution >= 0.6 is 28.5 Å². The Kier molecular flexibility index (Phi) is 8.79. The lowest BCUT2D eigenvalue weighted by atomic mass is 10.3. The summed E-state index contributed by atoms with van der Waals surface area (Å²) in [6.45, 7) is 5.46. The molecule has 4 heterocycles. The Morgan fingerprint density at radius 1 is 0.744 bits per heavy atom. The summed E-state index contributed by atoms with van der Waals surface area (Å²) in [7, 11) is -2.05. The molecule has 1 aliphatic rings. The fourth-order valence-electron chi connectivity index (χ4n) is 3.68. The quantitative estimate of drug-likeness (QED) is 0.146. The van der Waals surface area contributed by atoms with E-state index >= 15 is 0 Å². The SMILES string of the molecule is C=C/C=C\N.CP(Oc1cccc2c1Oc1c(OP(n3cccc3)n3cccc3)cccc1S2)n1cccc1. The van der Waals surface area contributed by atoms with E-state index in [1.807, 2.05) is 97.8 Å². The summed E-state index contributed by atoms with van der Waals surface area (Å²) in [5, 5.41) is 0. The van der Waals surface area contributed by atoms with Crippen LogP contribution < -0.4 is 19.5 Å². The van der Waals surface area contributed by atoms with E-state index < -0.39 is 16.7 Å². The molecule has 0 saturated heterocycles. The van der Waals surface area contributed by atoms with Crippen LogP contribution in [0, 0.1) is 0 Å². The standard InChI is InChI=1S/C25H21N3O3P2S.C4H7N/c1-32(26-14-2-3-15-26)30-20-10-8-12-22-24(20)29-25-21(11-9-13-23(25)34-22)31-33(27-16-4-5-17-27)28-18-6-7-19-28;1-2-3-4-5/h2-19H,1H3;2-4H,1,5H2/b;4-3-. The first-order chi connectivity index (χ1) is 19.2. The zero-order valence-electron chi connectivity index (χ0n) is 21.3. The summed E-state index contributed by atoms with van der Waals surface area (Å²) in [6.07, 6.45) is 16.8. The lowest BCUT2D eigenvalue weighted by Crippen LogP contribution is -2.06. The van der Waals surface area contributed by atoms with Crippen LogP contribution in [-0.4, -0.2) is 19.7 Å². The van der Waals surface area contributed by atoms with Gasteiger partial charge in [-0.25, -0.2) is 0 Å². The summed E-state index contributed by atoms with van der Waals surface area (Å²) in [6, 6.07) is 24.1. The highest BCUT2D eigenvalue weighted by atomic mass is 32.2. The monoisotopic (exact) mass is 574 g/mol. The van der Waals surface area contributed by atoms with Gasteiger partial charge in [-0.2, -0.15) is 0 Å². The first-order valence-electron chi connectivity index (χ1n) is 12.1. The Hall–Kier alpha value is -3.83. The molecule has 1 aliphatic heterocycles. The zero-order valence-corrected chi connectivity index (χ0v) is 23.9. The number of rotatable bonds is 8. The number of hydrogen-bond donors (Lipinski definition) is 1. The third-order valence-corrected chi connectivity index (χ3v) is 9.60. The van der Waals surface area contributed by atoms with Crippen molar-refractivity contribution in [2.24, 2.45) is 5.73 Å². The molecule has 6 rings (SSSR count). The molecule has 2 aromatic carbocycles. The van der Waals surface area contributed by atoms with Crippen LogP contribution in [-0.2, 0) is 0 Å². The first kappa shape index (κ1) is 26.8. The van der Waals surface area contributed by atoms with E-state index in [1.54, 1.807) is 23.9 Å². The van der Waals surface area contributed by atoms with Gasteiger partial charge in [0.1, 0.15) is 0 Å².